The number of carbonyl (C=O) groups is 1. The van der Waals surface area contributed by atoms with Crippen molar-refractivity contribution in [2.24, 2.45) is 0 Å². The third-order valence-corrected chi connectivity index (χ3v) is 3.76. The van der Waals surface area contributed by atoms with Crippen molar-refractivity contribution in [3.8, 4) is 17.2 Å². The van der Waals surface area contributed by atoms with Gasteiger partial charge < -0.3 is 24.1 Å². The fraction of sp³-hybridized carbons (Fsp3) is 0.286. The van der Waals surface area contributed by atoms with Crippen molar-refractivity contribution in [3.05, 3.63) is 66.2 Å². The van der Waals surface area contributed by atoms with E-state index in [2.05, 4.69) is 6.58 Å². The van der Waals surface area contributed by atoms with Gasteiger partial charge in [-0.3, -0.25) is 0 Å². The number of hydrogen-bond acceptors (Lipinski definition) is 5. The number of methoxy groups -OCH3 is 1. The summed E-state index contributed by atoms with van der Waals surface area (Å²) in [6, 6.07) is 12.0. The van der Waals surface area contributed by atoms with Crippen LogP contribution in [0, 0.1) is 0 Å². The molecule has 0 fully saturated rings. The van der Waals surface area contributed by atoms with Crippen molar-refractivity contribution in [2.75, 3.05) is 20.3 Å². The maximum absolute atomic E-state index is 10.7. The predicted molar refractivity (Wildman–Crippen MR) is 97.9 cm³/mol. The number of carboxylic acids is 1. The molecule has 2 aromatic carbocycles. The summed E-state index contributed by atoms with van der Waals surface area (Å²) in [5, 5.41) is 10.7. The minimum Gasteiger partial charge on any atom is -0.545 e. The molecule has 2 aromatic rings. The molecule has 5 heteroatoms. The van der Waals surface area contributed by atoms with Crippen molar-refractivity contribution in [2.45, 2.75) is 19.3 Å². The van der Waals surface area contributed by atoms with Crippen LogP contribution >= 0.6 is 0 Å². The molecular weight excluding hydrogens is 332 g/mol. The number of carboxylic acid groups (broad SMARTS) is 1. The van der Waals surface area contributed by atoms with Gasteiger partial charge in [-0.2, -0.15) is 0 Å². The Bertz CT molecular complexity index is 722. The fourth-order valence-electron chi connectivity index (χ4n) is 2.39. The van der Waals surface area contributed by atoms with Gasteiger partial charge in [0.05, 0.1) is 26.3 Å². The Labute approximate surface area is 153 Å². The van der Waals surface area contributed by atoms with E-state index in [1.54, 1.807) is 19.2 Å². The van der Waals surface area contributed by atoms with Crippen LogP contribution in [-0.2, 0) is 6.42 Å². The van der Waals surface area contributed by atoms with Gasteiger partial charge in [0.25, 0.3) is 0 Å². The first-order chi connectivity index (χ1) is 12.6. The van der Waals surface area contributed by atoms with Crippen LogP contribution in [0.5, 0.6) is 17.2 Å². The lowest BCUT2D eigenvalue weighted by molar-refractivity contribution is -0.255. The first-order valence-electron chi connectivity index (χ1n) is 8.49. The summed E-state index contributed by atoms with van der Waals surface area (Å²) in [5.74, 6) is 0.879. The van der Waals surface area contributed by atoms with Gasteiger partial charge in [0.2, 0.25) is 0 Å². The predicted octanol–water partition coefficient (Wildman–Crippen LogP) is 3.03. The van der Waals surface area contributed by atoms with Gasteiger partial charge in [0.15, 0.2) is 11.5 Å². The minimum absolute atomic E-state index is 0.138. The molecule has 0 saturated heterocycles. The molecule has 0 radical (unpaired) electrons. The number of aromatic carboxylic acids is 1. The molecule has 0 heterocycles. The molecule has 0 aromatic heterocycles. The molecule has 0 bridgehead atoms. The van der Waals surface area contributed by atoms with Gasteiger partial charge in [0, 0.05) is 0 Å². The number of allylic oxidation sites excluding steroid dienone is 1. The van der Waals surface area contributed by atoms with E-state index in [0.717, 1.165) is 30.6 Å². The van der Waals surface area contributed by atoms with Gasteiger partial charge in [-0.15, -0.1) is 6.58 Å². The Morgan fingerprint density at radius 3 is 2.35 bits per heavy atom. The van der Waals surface area contributed by atoms with E-state index in [1.165, 1.54) is 12.1 Å². The SMILES string of the molecule is C=CCc1ccc(OCCCCOc2ccc(C(=O)[O-])cc2)c(OC)c1. The topological polar surface area (TPSA) is 67.8 Å². The highest BCUT2D eigenvalue weighted by Gasteiger charge is 2.05. The number of rotatable bonds is 11. The third kappa shape index (κ3) is 5.84. The Hall–Kier alpha value is -2.95. The first kappa shape index (κ1) is 19.4. The van der Waals surface area contributed by atoms with E-state index < -0.39 is 5.97 Å². The van der Waals surface area contributed by atoms with Crippen LogP contribution in [0.3, 0.4) is 0 Å². The second kappa shape index (κ2) is 10.1. The quantitative estimate of drug-likeness (QED) is 0.458. The highest BCUT2D eigenvalue weighted by molar-refractivity contribution is 5.85. The third-order valence-electron chi connectivity index (χ3n) is 3.76. The molecule has 0 aliphatic rings. The molecule has 5 nitrogen and oxygen atoms in total. The van der Waals surface area contributed by atoms with Gasteiger partial charge in [-0.25, -0.2) is 0 Å². The molecule has 0 N–H and O–H groups in total. The fourth-order valence-corrected chi connectivity index (χ4v) is 2.39. The average Bonchev–Trinajstić information content (AvgIpc) is 2.65. The van der Waals surface area contributed by atoms with Crippen LogP contribution in [0.25, 0.3) is 0 Å². The zero-order valence-corrected chi connectivity index (χ0v) is 14.9. The molecule has 0 amide bonds. The monoisotopic (exact) mass is 355 g/mol. The molecule has 0 spiro atoms. The lowest BCUT2D eigenvalue weighted by atomic mass is 10.1. The van der Waals surface area contributed by atoms with Crippen molar-refractivity contribution in [3.63, 3.8) is 0 Å². The van der Waals surface area contributed by atoms with Crippen LogP contribution in [0.1, 0.15) is 28.8 Å². The first-order valence-corrected chi connectivity index (χ1v) is 8.49. The minimum atomic E-state index is -1.19. The van der Waals surface area contributed by atoms with E-state index >= 15 is 0 Å². The van der Waals surface area contributed by atoms with Crippen LogP contribution in [0.2, 0.25) is 0 Å². The van der Waals surface area contributed by atoms with Crippen LogP contribution in [0.15, 0.2) is 55.1 Å². The smallest absolute Gasteiger partial charge is 0.161 e. The molecule has 2 rings (SSSR count). The number of hydrogen-bond donors (Lipinski definition) is 0. The van der Waals surface area contributed by atoms with E-state index in [0.29, 0.717) is 24.7 Å². The molecule has 0 aliphatic carbocycles. The number of carbonyl (C=O) groups excluding carboxylic acids is 1. The Kier molecular flexibility index (Phi) is 7.55. The van der Waals surface area contributed by atoms with Gasteiger partial charge in [-0.1, -0.05) is 12.1 Å². The summed E-state index contributed by atoms with van der Waals surface area (Å²) < 4.78 is 16.7. The van der Waals surface area contributed by atoms with Gasteiger partial charge in [-0.05, 0) is 66.8 Å². The Morgan fingerprint density at radius 2 is 1.73 bits per heavy atom. The summed E-state index contributed by atoms with van der Waals surface area (Å²) in [4.78, 5) is 10.7. The number of ether oxygens (including phenoxy) is 3. The summed E-state index contributed by atoms with van der Waals surface area (Å²) in [5.41, 5.74) is 1.26. The standard InChI is InChI=1S/C21H24O5/c1-3-6-16-7-12-19(20(15-16)24-2)26-14-5-4-13-25-18-10-8-17(9-11-18)21(22)23/h3,7-12,15H,1,4-6,13-14H2,2H3,(H,22,23)/p-1. The molecule has 138 valence electrons. The molecule has 0 atom stereocenters. The highest BCUT2D eigenvalue weighted by Crippen LogP contribution is 2.28. The number of unbranched alkanes of at least 4 members (excludes halogenated alkanes) is 1. The van der Waals surface area contributed by atoms with Gasteiger partial charge in [0.1, 0.15) is 5.75 Å². The largest absolute Gasteiger partial charge is 0.545 e. The highest BCUT2D eigenvalue weighted by atomic mass is 16.5. The van der Waals surface area contributed by atoms with Crippen molar-refractivity contribution < 1.29 is 24.1 Å². The number of benzene rings is 2. The van der Waals surface area contributed by atoms with E-state index in [9.17, 15) is 9.90 Å². The molecule has 0 saturated carbocycles. The van der Waals surface area contributed by atoms with Crippen LogP contribution < -0.4 is 19.3 Å². The normalized spacial score (nSPS) is 10.2. The second-order valence-electron chi connectivity index (χ2n) is 5.69. The lowest BCUT2D eigenvalue weighted by Crippen LogP contribution is -2.21. The van der Waals surface area contributed by atoms with Crippen LogP contribution in [-0.4, -0.2) is 26.3 Å². The van der Waals surface area contributed by atoms with E-state index in [1.807, 2.05) is 24.3 Å². The van der Waals surface area contributed by atoms with Crippen molar-refractivity contribution in [1.29, 1.82) is 0 Å². The maximum atomic E-state index is 10.7. The Balaban J connectivity index is 1.70. The molecular formula is C21H23O5-. The summed E-state index contributed by atoms with van der Waals surface area (Å²) in [6.07, 6.45) is 4.28. The zero-order chi connectivity index (χ0) is 18.8. The van der Waals surface area contributed by atoms with E-state index in [-0.39, 0.29) is 5.56 Å². The Morgan fingerprint density at radius 1 is 1.04 bits per heavy atom. The summed E-state index contributed by atoms with van der Waals surface area (Å²) in [7, 11) is 1.62. The van der Waals surface area contributed by atoms with Crippen molar-refractivity contribution >= 4 is 5.97 Å². The summed E-state index contributed by atoms with van der Waals surface area (Å²) >= 11 is 0. The maximum Gasteiger partial charge on any atom is 0.161 e. The summed E-state index contributed by atoms with van der Waals surface area (Å²) in [6.45, 7) is 4.82. The second-order valence-corrected chi connectivity index (χ2v) is 5.69. The molecule has 26 heavy (non-hydrogen) atoms. The van der Waals surface area contributed by atoms with Crippen molar-refractivity contribution in [1.82, 2.24) is 0 Å². The molecule has 0 aliphatic heterocycles. The lowest BCUT2D eigenvalue weighted by Gasteiger charge is -2.12. The van der Waals surface area contributed by atoms with Crippen LogP contribution in [0.4, 0.5) is 0 Å². The van der Waals surface area contributed by atoms with E-state index in [4.69, 9.17) is 14.2 Å². The molecule has 0 unspecified atom stereocenters. The zero-order valence-electron chi connectivity index (χ0n) is 14.9. The average molecular weight is 355 g/mol. The van der Waals surface area contributed by atoms with Gasteiger partial charge >= 0.3 is 0 Å².